The van der Waals surface area contributed by atoms with Crippen LogP contribution < -0.4 is 10.0 Å². The molecular formula is C13H25N3O2S. The highest BCUT2D eigenvalue weighted by Crippen LogP contribution is 2.19. The van der Waals surface area contributed by atoms with Gasteiger partial charge in [0, 0.05) is 24.0 Å². The summed E-state index contributed by atoms with van der Waals surface area (Å²) >= 11 is 0. The Balaban J connectivity index is 2.85. The minimum atomic E-state index is -3.46. The fraction of sp³-hybridized carbons (Fsp3) is 0.692. The quantitative estimate of drug-likeness (QED) is 0.684. The van der Waals surface area contributed by atoms with E-state index in [0.29, 0.717) is 11.4 Å². The third-order valence-electron chi connectivity index (χ3n) is 3.53. The lowest BCUT2D eigenvalue weighted by molar-refractivity contribution is 0.389. The van der Waals surface area contributed by atoms with Crippen LogP contribution in [-0.2, 0) is 16.6 Å². The fourth-order valence-electron chi connectivity index (χ4n) is 1.71. The number of H-pyrrole nitrogens is 1. The van der Waals surface area contributed by atoms with Crippen LogP contribution in [-0.4, -0.2) is 25.5 Å². The molecule has 6 heteroatoms. The van der Waals surface area contributed by atoms with Gasteiger partial charge in [0.15, 0.2) is 0 Å². The van der Waals surface area contributed by atoms with Crippen LogP contribution in [0.25, 0.3) is 0 Å². The molecular weight excluding hydrogens is 262 g/mol. The lowest BCUT2D eigenvalue weighted by Gasteiger charge is -2.27. The molecule has 1 aromatic heterocycles. The smallest absolute Gasteiger partial charge is 0.242 e. The first kappa shape index (κ1) is 16.2. The standard InChI is InChI=1S/C13H25N3O2S/c1-5-13(4,6-2)16-19(17,18)12-8-11(15-10-12)9-14-7-3/h8,10,14-16H,5-7,9H2,1-4H3. The average molecular weight is 287 g/mol. The van der Waals surface area contributed by atoms with Crippen molar-refractivity contribution in [3.63, 3.8) is 0 Å². The first-order valence-electron chi connectivity index (χ1n) is 6.79. The van der Waals surface area contributed by atoms with Crippen LogP contribution in [0.4, 0.5) is 0 Å². The van der Waals surface area contributed by atoms with Crippen LogP contribution >= 0.6 is 0 Å². The molecule has 0 fully saturated rings. The minimum Gasteiger partial charge on any atom is -0.363 e. The van der Waals surface area contributed by atoms with Crippen molar-refractivity contribution in [2.24, 2.45) is 0 Å². The van der Waals surface area contributed by atoms with E-state index in [9.17, 15) is 8.42 Å². The number of rotatable bonds is 8. The van der Waals surface area contributed by atoms with Crippen molar-refractivity contribution in [1.29, 1.82) is 0 Å². The molecule has 0 amide bonds. The van der Waals surface area contributed by atoms with Crippen molar-refractivity contribution >= 4 is 10.0 Å². The number of sulfonamides is 1. The second kappa shape index (κ2) is 6.54. The zero-order valence-corrected chi connectivity index (χ0v) is 13.0. The third kappa shape index (κ3) is 4.33. The van der Waals surface area contributed by atoms with Crippen LogP contribution in [0.2, 0.25) is 0 Å². The van der Waals surface area contributed by atoms with E-state index in [-0.39, 0.29) is 0 Å². The molecule has 0 bridgehead atoms. The Kier molecular flexibility index (Phi) is 5.58. The van der Waals surface area contributed by atoms with Crippen LogP contribution in [0, 0.1) is 0 Å². The monoisotopic (exact) mass is 287 g/mol. The van der Waals surface area contributed by atoms with Gasteiger partial charge in [0.1, 0.15) is 0 Å². The highest BCUT2D eigenvalue weighted by atomic mass is 32.2. The third-order valence-corrected chi connectivity index (χ3v) is 5.15. The molecule has 0 saturated heterocycles. The van der Waals surface area contributed by atoms with Gasteiger partial charge in [0.2, 0.25) is 10.0 Å². The molecule has 1 heterocycles. The SMILES string of the molecule is CCNCc1cc(S(=O)(=O)NC(C)(CC)CC)c[nH]1. The molecule has 1 aromatic rings. The van der Waals surface area contributed by atoms with E-state index < -0.39 is 15.6 Å². The van der Waals surface area contributed by atoms with E-state index in [0.717, 1.165) is 25.1 Å². The first-order valence-corrected chi connectivity index (χ1v) is 8.27. The van der Waals surface area contributed by atoms with Crippen LogP contribution in [0.15, 0.2) is 17.2 Å². The summed E-state index contributed by atoms with van der Waals surface area (Å²) in [5, 5.41) is 3.15. The summed E-state index contributed by atoms with van der Waals surface area (Å²) in [7, 11) is -3.46. The number of nitrogens with one attached hydrogen (secondary N) is 3. The average Bonchev–Trinajstić information content (AvgIpc) is 2.85. The Morgan fingerprint density at radius 3 is 2.42 bits per heavy atom. The number of hydrogen-bond acceptors (Lipinski definition) is 3. The Bertz CT molecular complexity index is 490. The van der Waals surface area contributed by atoms with Crippen molar-refractivity contribution in [3.05, 3.63) is 18.0 Å². The predicted octanol–water partition coefficient (Wildman–Crippen LogP) is 1.98. The van der Waals surface area contributed by atoms with Crippen molar-refractivity contribution in [1.82, 2.24) is 15.0 Å². The van der Waals surface area contributed by atoms with E-state index in [2.05, 4.69) is 15.0 Å². The lowest BCUT2D eigenvalue weighted by Crippen LogP contribution is -2.44. The van der Waals surface area contributed by atoms with E-state index in [1.807, 2.05) is 27.7 Å². The van der Waals surface area contributed by atoms with Crippen LogP contribution in [0.1, 0.15) is 46.2 Å². The molecule has 0 unspecified atom stereocenters. The Hall–Kier alpha value is -0.850. The summed E-state index contributed by atoms with van der Waals surface area (Å²) < 4.78 is 27.4. The molecule has 0 spiro atoms. The Morgan fingerprint density at radius 1 is 1.26 bits per heavy atom. The normalized spacial score (nSPS) is 12.8. The summed E-state index contributed by atoms with van der Waals surface area (Å²) in [4.78, 5) is 3.29. The van der Waals surface area contributed by atoms with Crippen molar-refractivity contribution in [2.75, 3.05) is 6.54 Å². The fourth-order valence-corrected chi connectivity index (χ4v) is 3.28. The molecule has 0 aromatic carbocycles. The molecule has 0 radical (unpaired) electrons. The largest absolute Gasteiger partial charge is 0.363 e. The molecule has 0 aliphatic heterocycles. The molecule has 1 rings (SSSR count). The summed E-state index contributed by atoms with van der Waals surface area (Å²) in [6.45, 7) is 9.40. The van der Waals surface area contributed by atoms with Gasteiger partial charge in [-0.3, -0.25) is 0 Å². The van der Waals surface area contributed by atoms with E-state index >= 15 is 0 Å². The first-order chi connectivity index (χ1) is 8.87. The topological polar surface area (TPSA) is 74.0 Å². The molecule has 5 nitrogen and oxygen atoms in total. The Labute approximate surface area is 116 Å². The van der Waals surface area contributed by atoms with E-state index in [1.54, 1.807) is 12.3 Å². The highest BCUT2D eigenvalue weighted by Gasteiger charge is 2.27. The van der Waals surface area contributed by atoms with Gasteiger partial charge in [-0.1, -0.05) is 20.8 Å². The van der Waals surface area contributed by atoms with Crippen LogP contribution in [0.3, 0.4) is 0 Å². The van der Waals surface area contributed by atoms with Gasteiger partial charge in [-0.25, -0.2) is 13.1 Å². The zero-order valence-electron chi connectivity index (χ0n) is 12.2. The van der Waals surface area contributed by atoms with Gasteiger partial charge in [0.25, 0.3) is 0 Å². The predicted molar refractivity (Wildman–Crippen MR) is 77.5 cm³/mol. The summed E-state index contributed by atoms with van der Waals surface area (Å²) in [6, 6.07) is 1.68. The minimum absolute atomic E-state index is 0.300. The molecule has 0 aliphatic rings. The molecule has 3 N–H and O–H groups in total. The molecule has 0 aliphatic carbocycles. The Morgan fingerprint density at radius 2 is 1.89 bits per heavy atom. The molecule has 19 heavy (non-hydrogen) atoms. The maximum atomic E-state index is 12.3. The van der Waals surface area contributed by atoms with E-state index in [1.165, 1.54) is 0 Å². The highest BCUT2D eigenvalue weighted by molar-refractivity contribution is 7.89. The van der Waals surface area contributed by atoms with Gasteiger partial charge in [-0.2, -0.15) is 0 Å². The molecule has 0 atom stereocenters. The summed E-state index contributed by atoms with van der Waals surface area (Å²) in [5.41, 5.74) is 0.481. The van der Waals surface area contributed by atoms with Gasteiger partial charge >= 0.3 is 0 Å². The van der Waals surface area contributed by atoms with Crippen LogP contribution in [0.5, 0.6) is 0 Å². The maximum Gasteiger partial charge on any atom is 0.242 e. The second-order valence-electron chi connectivity index (χ2n) is 5.01. The summed E-state index contributed by atoms with van der Waals surface area (Å²) in [5.74, 6) is 0. The maximum absolute atomic E-state index is 12.3. The van der Waals surface area contributed by atoms with E-state index in [4.69, 9.17) is 0 Å². The molecule has 0 saturated carbocycles. The number of aromatic nitrogens is 1. The lowest BCUT2D eigenvalue weighted by atomic mass is 9.98. The summed E-state index contributed by atoms with van der Waals surface area (Å²) in [6.07, 6.45) is 3.07. The van der Waals surface area contributed by atoms with Crippen molar-refractivity contribution in [2.45, 2.75) is 57.5 Å². The van der Waals surface area contributed by atoms with Gasteiger partial charge in [0.05, 0.1) is 4.90 Å². The zero-order chi connectivity index (χ0) is 14.5. The van der Waals surface area contributed by atoms with Crippen molar-refractivity contribution in [3.8, 4) is 0 Å². The molecule has 110 valence electrons. The van der Waals surface area contributed by atoms with Gasteiger partial charge < -0.3 is 10.3 Å². The number of hydrogen-bond donors (Lipinski definition) is 3. The number of aromatic amines is 1. The van der Waals surface area contributed by atoms with Gasteiger partial charge in [-0.05, 0) is 32.4 Å². The van der Waals surface area contributed by atoms with Gasteiger partial charge in [-0.15, -0.1) is 0 Å². The second-order valence-corrected chi connectivity index (χ2v) is 6.70. The van der Waals surface area contributed by atoms with Crippen molar-refractivity contribution < 1.29 is 8.42 Å².